The van der Waals surface area contributed by atoms with Crippen LogP contribution >= 0.6 is 0 Å². The van der Waals surface area contributed by atoms with Crippen LogP contribution in [0.2, 0.25) is 0 Å². The van der Waals surface area contributed by atoms with E-state index in [4.69, 9.17) is 5.48 Å². The molecule has 0 atom stereocenters. The fourth-order valence-corrected chi connectivity index (χ4v) is 15.2. The van der Waals surface area contributed by atoms with Crippen LogP contribution in [0.4, 0.5) is 34.1 Å². The van der Waals surface area contributed by atoms with E-state index in [-0.39, 0.29) is 54.7 Å². The van der Waals surface area contributed by atoms with Gasteiger partial charge in [0.2, 0.25) is 0 Å². The number of fused-ring (bicyclic) bond motifs is 10. The molecule has 0 bridgehead atoms. The van der Waals surface area contributed by atoms with Gasteiger partial charge in [0.05, 0.1) is 50.0 Å². The fraction of sp³-hybridized carbons (Fsp3) is 0.215. The van der Waals surface area contributed by atoms with Crippen LogP contribution in [0.15, 0.2) is 249 Å². The van der Waals surface area contributed by atoms with Gasteiger partial charge in [-0.15, -0.1) is 0 Å². The van der Waals surface area contributed by atoms with Crippen molar-refractivity contribution in [3.05, 3.63) is 282 Å². The average Bonchev–Trinajstić information content (AvgIpc) is 1.69. The molecule has 0 amide bonds. The third kappa shape index (κ3) is 10.6. The predicted octanol–water partition coefficient (Wildman–Crippen LogP) is 23.3. The van der Waals surface area contributed by atoms with Gasteiger partial charge < -0.3 is 18.9 Å². The molecular formula is C93H86BN5. The molecule has 6 heteroatoms. The third-order valence-electron chi connectivity index (χ3n) is 20.7. The summed E-state index contributed by atoms with van der Waals surface area (Å²) in [6.45, 7) is 33.6. The zero-order valence-electron chi connectivity index (χ0n) is 67.4. The number of nitrogens with zero attached hydrogens (tertiary/aromatic N) is 5. The second-order valence-corrected chi connectivity index (χ2v) is 32.5. The van der Waals surface area contributed by atoms with Crippen LogP contribution in [-0.4, -0.2) is 15.8 Å². The minimum Gasteiger partial charge on any atom is -0.311 e. The first kappa shape index (κ1) is 54.4. The van der Waals surface area contributed by atoms with Crippen molar-refractivity contribution in [2.24, 2.45) is 0 Å². The standard InChI is InChI=1S/C93H86BN5/c1-89(2,3)64-37-44-81-74(51-64)75-52-65(90(4,5)6)38-45-82(75)96(81)70-40-42-77-85(56-70)97(69-39-34-62(57-95)83(55-69)98-78-32-24-22-30-71(78)72-31-23-25-33-79(72)98)86-53-68(93(13,14)15)54-87-88(86)94(77)76-41-35-61(63-46-66(91(7,8)9)50-67(47-63)92(10,11)12)49-84(76)99(87)80-43-36-60(58-26-18-16-19-27-58)48-73(80)59-28-20-17-21-29-59/h16-56H,1-15H3/i22D,23D,24D,25D,30D,31D,32D,33D. The van der Waals surface area contributed by atoms with Crippen LogP contribution < -0.4 is 26.2 Å². The van der Waals surface area contributed by atoms with Crippen molar-refractivity contribution in [2.75, 3.05) is 9.80 Å². The SMILES string of the molecule is [2H]c1c([2H])c([2H])c2c(c1[2H])c1c([2H])c([2H])c([2H])c([2H])c1n2-c1cc(N2c3cc(-n4c5ccc(C(C)(C)C)cc5c5cc(C(C)(C)C)ccc54)ccc3B3c4ccc(-c5cc(C(C)(C)C)cc(C(C)(C)C)c5)cc4N(c4ccc(-c5ccccc5)cc4-c4ccccc4)c4cc(C(C)(C)C)cc2c43)ccc1C#N. The Morgan fingerprint density at radius 3 is 1.35 bits per heavy atom. The van der Waals surface area contributed by atoms with E-state index in [9.17, 15) is 10.7 Å². The molecule has 0 saturated heterocycles. The van der Waals surface area contributed by atoms with Gasteiger partial charge in [-0.3, -0.25) is 0 Å². The fourth-order valence-electron chi connectivity index (χ4n) is 15.2. The second kappa shape index (κ2) is 22.7. The van der Waals surface area contributed by atoms with Crippen molar-refractivity contribution < 1.29 is 11.0 Å². The third-order valence-corrected chi connectivity index (χ3v) is 20.7. The molecule has 14 aromatic rings. The zero-order chi connectivity index (χ0) is 75.9. The molecule has 5 nitrogen and oxygen atoms in total. The maximum atomic E-state index is 11.5. The first-order chi connectivity index (χ1) is 50.5. The number of para-hydroxylation sites is 2. The summed E-state index contributed by atoms with van der Waals surface area (Å²) < 4.78 is 78.4. The van der Waals surface area contributed by atoms with Crippen molar-refractivity contribution in [3.8, 4) is 50.8 Å². The van der Waals surface area contributed by atoms with E-state index < -0.39 is 60.5 Å². The first-order valence-corrected chi connectivity index (χ1v) is 34.7. The van der Waals surface area contributed by atoms with Gasteiger partial charge >= 0.3 is 0 Å². The van der Waals surface area contributed by atoms with Crippen molar-refractivity contribution in [1.82, 2.24) is 9.13 Å². The van der Waals surface area contributed by atoms with Crippen LogP contribution in [0.5, 0.6) is 0 Å². The molecule has 0 unspecified atom stereocenters. The summed E-state index contributed by atoms with van der Waals surface area (Å²) in [5.41, 5.74) is 22.9. The van der Waals surface area contributed by atoms with E-state index in [2.05, 4.69) is 306 Å². The molecule has 0 saturated carbocycles. The molecule has 0 radical (unpaired) electrons. The topological polar surface area (TPSA) is 40.1 Å². The molecule has 2 aromatic heterocycles. The number of hydrogen-bond donors (Lipinski definition) is 0. The van der Waals surface area contributed by atoms with Gasteiger partial charge in [0.15, 0.2) is 0 Å². The molecule has 4 heterocycles. The highest BCUT2D eigenvalue weighted by atomic mass is 15.2. The highest BCUT2D eigenvalue weighted by molar-refractivity contribution is 7.00. The molecule has 486 valence electrons. The Hall–Kier alpha value is -10.6. The van der Waals surface area contributed by atoms with Crippen LogP contribution in [-0.2, 0) is 27.1 Å². The Morgan fingerprint density at radius 2 is 0.798 bits per heavy atom. The lowest BCUT2D eigenvalue weighted by atomic mass is 9.33. The summed E-state index contributed by atoms with van der Waals surface area (Å²) in [5.74, 6) is 0. The minimum atomic E-state index is -0.547. The van der Waals surface area contributed by atoms with Crippen molar-refractivity contribution in [1.29, 1.82) is 5.26 Å². The van der Waals surface area contributed by atoms with Gasteiger partial charge in [-0.05, 0) is 196 Å². The quantitative estimate of drug-likeness (QED) is 0.149. The monoisotopic (exact) mass is 1290 g/mol. The smallest absolute Gasteiger partial charge is 0.252 e. The zero-order valence-corrected chi connectivity index (χ0v) is 59.4. The first-order valence-electron chi connectivity index (χ1n) is 38.7. The van der Waals surface area contributed by atoms with Crippen LogP contribution in [0, 0.1) is 11.3 Å². The molecule has 16 rings (SSSR count). The van der Waals surface area contributed by atoms with Crippen LogP contribution in [0.1, 0.15) is 148 Å². The highest BCUT2D eigenvalue weighted by Crippen LogP contribution is 2.51. The van der Waals surface area contributed by atoms with Gasteiger partial charge in [0.25, 0.3) is 6.71 Å². The molecule has 0 fully saturated rings. The summed E-state index contributed by atoms with van der Waals surface area (Å²) in [5, 5.41) is 13.7. The van der Waals surface area contributed by atoms with Crippen molar-refractivity contribution in [3.63, 3.8) is 0 Å². The van der Waals surface area contributed by atoms with E-state index in [1.165, 1.54) is 26.8 Å². The minimum absolute atomic E-state index is 0.0735. The number of benzene rings is 12. The van der Waals surface area contributed by atoms with Gasteiger partial charge in [0, 0.05) is 61.2 Å². The van der Waals surface area contributed by atoms with Gasteiger partial charge in [0.1, 0.15) is 6.07 Å². The second-order valence-electron chi connectivity index (χ2n) is 32.5. The predicted molar refractivity (Wildman–Crippen MR) is 424 cm³/mol. The van der Waals surface area contributed by atoms with E-state index in [1.807, 2.05) is 12.1 Å². The summed E-state index contributed by atoms with van der Waals surface area (Å²) in [4.78, 5) is 4.81. The number of aromatic nitrogens is 2. The molecule has 2 aliphatic rings. The lowest BCUT2D eigenvalue weighted by Crippen LogP contribution is -2.61. The van der Waals surface area contributed by atoms with E-state index in [0.717, 1.165) is 111 Å². The van der Waals surface area contributed by atoms with Crippen molar-refractivity contribution in [2.45, 2.75) is 131 Å². The Balaban J connectivity index is 1.06. The Kier molecular flexibility index (Phi) is 12.5. The van der Waals surface area contributed by atoms with Crippen LogP contribution in [0.3, 0.4) is 0 Å². The number of hydrogen-bond acceptors (Lipinski definition) is 3. The largest absolute Gasteiger partial charge is 0.311 e. The van der Waals surface area contributed by atoms with Crippen molar-refractivity contribution >= 4 is 101 Å². The van der Waals surface area contributed by atoms with E-state index in [0.29, 0.717) is 5.69 Å². The Labute approximate surface area is 596 Å². The summed E-state index contributed by atoms with van der Waals surface area (Å²) in [7, 11) is 0. The van der Waals surface area contributed by atoms with Crippen LogP contribution in [0.25, 0.3) is 88.4 Å². The number of anilines is 6. The summed E-state index contributed by atoms with van der Waals surface area (Å²) in [6.07, 6.45) is 0. The Morgan fingerprint density at radius 1 is 0.323 bits per heavy atom. The average molecular weight is 1290 g/mol. The molecule has 12 aromatic carbocycles. The lowest BCUT2D eigenvalue weighted by molar-refractivity contribution is 0.569. The summed E-state index contributed by atoms with van der Waals surface area (Å²) >= 11 is 0. The maximum absolute atomic E-state index is 11.5. The number of rotatable bonds is 7. The maximum Gasteiger partial charge on any atom is 0.252 e. The van der Waals surface area contributed by atoms with Gasteiger partial charge in [-0.25, -0.2) is 0 Å². The molecule has 0 spiro atoms. The molecule has 2 aliphatic heterocycles. The number of nitriles is 1. The summed E-state index contributed by atoms with van der Waals surface area (Å²) in [6, 6.07) is 71.7. The highest BCUT2D eigenvalue weighted by Gasteiger charge is 2.45. The van der Waals surface area contributed by atoms with E-state index in [1.54, 1.807) is 6.07 Å². The van der Waals surface area contributed by atoms with Gasteiger partial charge in [-0.1, -0.05) is 255 Å². The normalized spacial score (nSPS) is 14.5. The van der Waals surface area contributed by atoms with E-state index >= 15 is 0 Å². The molecule has 99 heavy (non-hydrogen) atoms. The lowest BCUT2D eigenvalue weighted by Gasteiger charge is -2.45. The Bertz CT molecular complexity index is 5990. The van der Waals surface area contributed by atoms with Gasteiger partial charge in [-0.2, -0.15) is 5.26 Å². The molecule has 0 aliphatic carbocycles. The molecular weight excluding hydrogens is 1200 g/mol. The molecule has 0 N–H and O–H groups in total.